The van der Waals surface area contributed by atoms with Gasteiger partial charge in [0.25, 0.3) is 0 Å². The molecule has 0 atom stereocenters. The Balaban J connectivity index is 4.21. The molecule has 4 nitrogen and oxygen atoms in total. The minimum absolute atomic E-state index is 0.324. The highest BCUT2D eigenvalue weighted by Crippen LogP contribution is 2.11. The van der Waals surface area contributed by atoms with Crippen LogP contribution in [0.5, 0.6) is 0 Å². The summed E-state index contributed by atoms with van der Waals surface area (Å²) in [5, 5.41) is 25.8. The average Bonchev–Trinajstić information content (AvgIpc) is 1.87. The molecule has 0 aromatic heterocycles. The predicted molar refractivity (Wildman–Crippen MR) is 39.0 cm³/mol. The molecular weight excluding hydrogens is 148 g/mol. The van der Waals surface area contributed by atoms with Gasteiger partial charge >= 0.3 is 5.97 Å². The second kappa shape index (κ2) is 4.12. The topological polar surface area (TPSA) is 69.9 Å². The van der Waals surface area contributed by atoms with Crippen molar-refractivity contribution >= 4 is 0 Å². The van der Waals surface area contributed by atoms with E-state index < -0.39 is 5.97 Å². The maximum Gasteiger partial charge on any atom is 0.338 e. The zero-order valence-electron chi connectivity index (χ0n) is 6.48. The lowest BCUT2D eigenvalue weighted by atomic mass is 10.4. The standard InChI is InChI=1S/C7H12O4/c1-3-5-11-6(4-2)7(8,9)10/h3-5,8-10H,1-2H3/b5-3+,6-4-. The Morgan fingerprint density at radius 2 is 1.82 bits per heavy atom. The Morgan fingerprint density at radius 3 is 2.09 bits per heavy atom. The molecule has 0 fully saturated rings. The van der Waals surface area contributed by atoms with Gasteiger partial charge in [0.1, 0.15) is 0 Å². The maximum atomic E-state index is 8.59. The molecule has 0 amide bonds. The molecule has 11 heavy (non-hydrogen) atoms. The van der Waals surface area contributed by atoms with Crippen molar-refractivity contribution in [2.24, 2.45) is 0 Å². The molecule has 0 unspecified atom stereocenters. The largest absolute Gasteiger partial charge is 0.461 e. The lowest BCUT2D eigenvalue weighted by Crippen LogP contribution is -2.30. The SMILES string of the molecule is C/C=C(\O/C=C/C)C(O)(O)O. The van der Waals surface area contributed by atoms with Crippen LogP contribution in [0, 0.1) is 0 Å². The summed E-state index contributed by atoms with van der Waals surface area (Å²) in [6.45, 7) is 3.21. The first-order valence-electron chi connectivity index (χ1n) is 3.14. The summed E-state index contributed by atoms with van der Waals surface area (Å²) in [5.74, 6) is -3.22. The van der Waals surface area contributed by atoms with Gasteiger partial charge in [0.15, 0.2) is 5.76 Å². The van der Waals surface area contributed by atoms with Crippen LogP contribution in [-0.2, 0) is 4.74 Å². The molecule has 64 valence electrons. The van der Waals surface area contributed by atoms with Crippen LogP contribution in [-0.4, -0.2) is 21.3 Å². The number of hydrogen-bond acceptors (Lipinski definition) is 4. The Kier molecular flexibility index (Phi) is 3.81. The quantitative estimate of drug-likeness (QED) is 0.403. The first-order chi connectivity index (χ1) is 5.02. The summed E-state index contributed by atoms with van der Waals surface area (Å²) in [6.07, 6.45) is 4.03. The highest BCUT2D eigenvalue weighted by molar-refractivity contribution is 4.99. The van der Waals surface area contributed by atoms with Crippen LogP contribution >= 0.6 is 0 Å². The normalized spacial score (nSPS) is 14.1. The number of aliphatic hydroxyl groups is 3. The molecule has 4 heteroatoms. The van der Waals surface area contributed by atoms with Gasteiger partial charge < -0.3 is 20.1 Å². The number of hydrogen-bond donors (Lipinski definition) is 3. The number of ether oxygens (including phenoxy) is 1. The first kappa shape index (κ1) is 10.2. The van der Waals surface area contributed by atoms with E-state index in [9.17, 15) is 0 Å². The zero-order chi connectivity index (χ0) is 8.91. The van der Waals surface area contributed by atoms with Gasteiger partial charge in [-0.15, -0.1) is 0 Å². The van der Waals surface area contributed by atoms with Crippen molar-refractivity contribution in [3.63, 3.8) is 0 Å². The average molecular weight is 160 g/mol. The molecule has 0 saturated heterocycles. The van der Waals surface area contributed by atoms with E-state index in [2.05, 4.69) is 4.74 Å². The molecule has 0 rings (SSSR count). The molecule has 0 aliphatic carbocycles. The highest BCUT2D eigenvalue weighted by Gasteiger charge is 2.25. The van der Waals surface area contributed by atoms with Gasteiger partial charge in [-0.3, -0.25) is 0 Å². The molecule has 0 aromatic rings. The zero-order valence-corrected chi connectivity index (χ0v) is 6.48. The van der Waals surface area contributed by atoms with Gasteiger partial charge in [-0.2, -0.15) is 0 Å². The number of allylic oxidation sites excluding steroid dienone is 2. The van der Waals surface area contributed by atoms with Crippen molar-refractivity contribution in [1.82, 2.24) is 0 Å². The Labute approximate surface area is 65.0 Å². The van der Waals surface area contributed by atoms with Gasteiger partial charge in [-0.05, 0) is 19.9 Å². The second-order valence-corrected chi connectivity index (χ2v) is 1.88. The van der Waals surface area contributed by atoms with Crippen LogP contribution in [0.4, 0.5) is 0 Å². The third kappa shape index (κ3) is 3.77. The predicted octanol–water partition coefficient (Wildman–Crippen LogP) is 0.0711. The van der Waals surface area contributed by atoms with Crippen molar-refractivity contribution < 1.29 is 20.1 Å². The summed E-state index contributed by atoms with van der Waals surface area (Å²) >= 11 is 0. The fourth-order valence-corrected chi connectivity index (χ4v) is 0.482. The molecule has 0 heterocycles. The van der Waals surface area contributed by atoms with E-state index in [0.29, 0.717) is 0 Å². The Bertz CT molecular complexity index is 164. The van der Waals surface area contributed by atoms with E-state index in [4.69, 9.17) is 15.3 Å². The summed E-state index contributed by atoms with van der Waals surface area (Å²) in [6, 6.07) is 0. The fourth-order valence-electron chi connectivity index (χ4n) is 0.482. The Morgan fingerprint density at radius 1 is 1.27 bits per heavy atom. The highest BCUT2D eigenvalue weighted by atomic mass is 16.7. The number of rotatable bonds is 3. The summed E-state index contributed by atoms with van der Waals surface area (Å²) in [7, 11) is 0. The van der Waals surface area contributed by atoms with E-state index in [1.807, 2.05) is 0 Å². The van der Waals surface area contributed by atoms with E-state index in [0.717, 1.165) is 0 Å². The minimum atomic E-state index is -2.89. The van der Waals surface area contributed by atoms with Crippen LogP contribution in [0.25, 0.3) is 0 Å². The molecule has 0 bridgehead atoms. The third-order valence-corrected chi connectivity index (χ3v) is 0.924. The van der Waals surface area contributed by atoms with Crippen LogP contribution in [0.3, 0.4) is 0 Å². The molecular formula is C7H12O4. The van der Waals surface area contributed by atoms with Crippen molar-refractivity contribution in [3.8, 4) is 0 Å². The van der Waals surface area contributed by atoms with Crippen LogP contribution in [0.15, 0.2) is 24.2 Å². The van der Waals surface area contributed by atoms with Gasteiger partial charge in [0, 0.05) is 0 Å². The van der Waals surface area contributed by atoms with E-state index in [1.165, 1.54) is 19.3 Å². The molecule has 0 aliphatic heterocycles. The van der Waals surface area contributed by atoms with Gasteiger partial charge in [-0.1, -0.05) is 6.08 Å². The summed E-state index contributed by atoms with van der Waals surface area (Å²) in [5.41, 5.74) is 0. The Hall–Kier alpha value is -0.840. The molecule has 0 saturated carbocycles. The molecule has 3 N–H and O–H groups in total. The summed E-state index contributed by atoms with van der Waals surface area (Å²) in [4.78, 5) is 0. The second-order valence-electron chi connectivity index (χ2n) is 1.88. The summed E-state index contributed by atoms with van der Waals surface area (Å²) < 4.78 is 4.64. The van der Waals surface area contributed by atoms with Crippen molar-refractivity contribution in [2.75, 3.05) is 0 Å². The smallest absolute Gasteiger partial charge is 0.338 e. The maximum absolute atomic E-state index is 8.59. The van der Waals surface area contributed by atoms with E-state index >= 15 is 0 Å². The van der Waals surface area contributed by atoms with Gasteiger partial charge in [-0.25, -0.2) is 0 Å². The molecule has 0 aromatic carbocycles. The molecule has 0 aliphatic rings. The van der Waals surface area contributed by atoms with E-state index in [-0.39, 0.29) is 5.76 Å². The van der Waals surface area contributed by atoms with Crippen molar-refractivity contribution in [1.29, 1.82) is 0 Å². The lowest BCUT2D eigenvalue weighted by molar-refractivity contribution is -0.298. The lowest BCUT2D eigenvalue weighted by Gasteiger charge is -2.15. The van der Waals surface area contributed by atoms with Gasteiger partial charge in [0.05, 0.1) is 6.26 Å². The molecule has 0 spiro atoms. The van der Waals surface area contributed by atoms with Crippen molar-refractivity contribution in [2.45, 2.75) is 19.8 Å². The minimum Gasteiger partial charge on any atom is -0.461 e. The van der Waals surface area contributed by atoms with E-state index in [1.54, 1.807) is 13.0 Å². The van der Waals surface area contributed by atoms with Crippen LogP contribution in [0.2, 0.25) is 0 Å². The van der Waals surface area contributed by atoms with Crippen LogP contribution in [0.1, 0.15) is 13.8 Å². The first-order valence-corrected chi connectivity index (χ1v) is 3.14. The monoisotopic (exact) mass is 160 g/mol. The van der Waals surface area contributed by atoms with Crippen molar-refractivity contribution in [3.05, 3.63) is 24.2 Å². The molecule has 0 radical (unpaired) electrons. The third-order valence-electron chi connectivity index (χ3n) is 0.924. The fraction of sp³-hybridized carbons (Fsp3) is 0.429. The van der Waals surface area contributed by atoms with Crippen LogP contribution < -0.4 is 0 Å². The van der Waals surface area contributed by atoms with Gasteiger partial charge in [0.2, 0.25) is 0 Å².